The third-order valence-corrected chi connectivity index (χ3v) is 7.04. The van der Waals surface area contributed by atoms with E-state index in [0.717, 1.165) is 5.56 Å². The number of ether oxygens (including phenoxy) is 1. The number of rotatable bonds is 5. The van der Waals surface area contributed by atoms with Crippen LogP contribution in [-0.4, -0.2) is 31.0 Å². The summed E-state index contributed by atoms with van der Waals surface area (Å²) in [5.74, 6) is 0.129. The van der Waals surface area contributed by atoms with Crippen molar-refractivity contribution < 1.29 is 35.9 Å². The summed E-state index contributed by atoms with van der Waals surface area (Å²) in [6, 6.07) is 10.8. The smallest absolute Gasteiger partial charge is 0.372 e. The number of hydrogen-bond donors (Lipinski definition) is 2. The minimum atomic E-state index is -4.93. The van der Waals surface area contributed by atoms with E-state index in [4.69, 9.17) is 4.74 Å². The van der Waals surface area contributed by atoms with E-state index in [1.165, 1.54) is 6.92 Å². The van der Waals surface area contributed by atoms with Crippen LogP contribution >= 0.6 is 0 Å². The van der Waals surface area contributed by atoms with Crippen molar-refractivity contribution in [1.82, 2.24) is 10.6 Å². The molecular formula is C25H26F6N2O2. The predicted molar refractivity (Wildman–Crippen MR) is 117 cm³/mol. The summed E-state index contributed by atoms with van der Waals surface area (Å²) >= 11 is 0. The van der Waals surface area contributed by atoms with E-state index in [9.17, 15) is 31.1 Å². The molecule has 2 aromatic rings. The van der Waals surface area contributed by atoms with Gasteiger partial charge in [0.1, 0.15) is 0 Å². The highest BCUT2D eigenvalue weighted by molar-refractivity contribution is 5.91. The van der Waals surface area contributed by atoms with Crippen LogP contribution in [0, 0.1) is 0 Å². The Kier molecular flexibility index (Phi) is 6.76. The third kappa shape index (κ3) is 5.24. The molecule has 1 unspecified atom stereocenters. The zero-order valence-corrected chi connectivity index (χ0v) is 19.0. The van der Waals surface area contributed by atoms with Gasteiger partial charge in [-0.15, -0.1) is 0 Å². The monoisotopic (exact) mass is 500 g/mol. The molecular weight excluding hydrogens is 474 g/mol. The molecule has 3 atom stereocenters. The highest BCUT2D eigenvalue weighted by Crippen LogP contribution is 2.40. The van der Waals surface area contributed by atoms with Gasteiger partial charge < -0.3 is 15.4 Å². The van der Waals surface area contributed by atoms with Gasteiger partial charge in [0.15, 0.2) is 5.78 Å². The highest BCUT2D eigenvalue weighted by atomic mass is 19.4. The molecule has 2 heterocycles. The van der Waals surface area contributed by atoms with Crippen LogP contribution in [0.2, 0.25) is 0 Å². The first-order valence-corrected chi connectivity index (χ1v) is 11.3. The van der Waals surface area contributed by atoms with Crippen molar-refractivity contribution in [3.8, 4) is 0 Å². The van der Waals surface area contributed by atoms with Gasteiger partial charge in [0.2, 0.25) is 0 Å². The average molecular weight is 500 g/mol. The van der Waals surface area contributed by atoms with Gasteiger partial charge in [0.05, 0.1) is 34.9 Å². The van der Waals surface area contributed by atoms with E-state index in [0.29, 0.717) is 44.5 Å². The highest BCUT2D eigenvalue weighted by Gasteiger charge is 2.49. The lowest BCUT2D eigenvalue weighted by atomic mass is 9.75. The first-order valence-electron chi connectivity index (χ1n) is 11.3. The van der Waals surface area contributed by atoms with E-state index in [1.54, 1.807) is 0 Å². The Morgan fingerprint density at radius 1 is 0.943 bits per heavy atom. The predicted octanol–water partition coefficient (Wildman–Crippen LogP) is 5.38. The van der Waals surface area contributed by atoms with Gasteiger partial charge in [-0.05, 0) is 49.1 Å². The standard InChI is InChI=1S/C25H26F6N2O2/c1-16(17-11-19(24(26,27)28)13-20(12-17)25(29,30)31)35-15-23(18-5-3-2-4-6-18)9-8-22(14-33-23)21(34)7-10-32-22/h2-6,11-13,16,32-33H,7-10,14-15H2,1H3/t16-,22?,23-/m1/s1. The Morgan fingerprint density at radius 2 is 1.57 bits per heavy atom. The molecule has 0 bridgehead atoms. The van der Waals surface area contributed by atoms with Crippen LogP contribution in [-0.2, 0) is 27.4 Å². The maximum atomic E-state index is 13.3. The quantitative estimate of drug-likeness (QED) is 0.542. The van der Waals surface area contributed by atoms with Crippen molar-refractivity contribution in [2.75, 3.05) is 19.7 Å². The maximum Gasteiger partial charge on any atom is 0.416 e. The topological polar surface area (TPSA) is 50.4 Å². The Labute approximate surface area is 199 Å². The molecule has 2 fully saturated rings. The summed E-state index contributed by atoms with van der Waals surface area (Å²) in [6.07, 6.45) is -9.42. The number of alkyl halides is 6. The van der Waals surface area contributed by atoms with Gasteiger partial charge in [-0.25, -0.2) is 0 Å². The average Bonchev–Trinajstić information content (AvgIpc) is 3.17. The number of hydrogen-bond acceptors (Lipinski definition) is 4. The zero-order valence-electron chi connectivity index (χ0n) is 19.0. The molecule has 0 saturated carbocycles. The Morgan fingerprint density at radius 3 is 2.06 bits per heavy atom. The molecule has 4 rings (SSSR count). The number of carbonyl (C=O) groups excluding carboxylic acids is 1. The van der Waals surface area contributed by atoms with Crippen LogP contribution < -0.4 is 10.6 Å². The molecule has 2 saturated heterocycles. The summed E-state index contributed by atoms with van der Waals surface area (Å²) in [6.45, 7) is 2.38. The van der Waals surface area contributed by atoms with Gasteiger partial charge in [0, 0.05) is 19.5 Å². The molecule has 10 heteroatoms. The molecule has 35 heavy (non-hydrogen) atoms. The number of ketones is 1. The van der Waals surface area contributed by atoms with E-state index < -0.39 is 40.7 Å². The minimum Gasteiger partial charge on any atom is -0.372 e. The molecule has 1 spiro atoms. The van der Waals surface area contributed by atoms with Gasteiger partial charge in [-0.2, -0.15) is 26.3 Å². The van der Waals surface area contributed by atoms with E-state index >= 15 is 0 Å². The van der Waals surface area contributed by atoms with E-state index in [-0.39, 0.29) is 24.0 Å². The lowest BCUT2D eigenvalue weighted by Crippen LogP contribution is -2.63. The SMILES string of the molecule is C[C@@H](OC[C@@]1(c2ccccc2)CCC2(CN1)NCCC2=O)c1cc(C(F)(F)F)cc(C(F)(F)F)c1. The fourth-order valence-electron chi connectivity index (χ4n) is 4.85. The van der Waals surface area contributed by atoms with Crippen molar-refractivity contribution in [3.63, 3.8) is 0 Å². The molecule has 2 aliphatic heterocycles. The van der Waals surface area contributed by atoms with Crippen LogP contribution in [0.1, 0.15) is 54.5 Å². The molecule has 2 aliphatic rings. The van der Waals surface area contributed by atoms with Crippen LogP contribution in [0.5, 0.6) is 0 Å². The van der Waals surface area contributed by atoms with Gasteiger partial charge in [-0.1, -0.05) is 30.3 Å². The first kappa shape index (κ1) is 25.7. The molecule has 4 nitrogen and oxygen atoms in total. The fourth-order valence-corrected chi connectivity index (χ4v) is 4.85. The van der Waals surface area contributed by atoms with Crippen molar-refractivity contribution in [2.24, 2.45) is 0 Å². The molecule has 0 radical (unpaired) electrons. The van der Waals surface area contributed by atoms with E-state index in [2.05, 4.69) is 10.6 Å². The minimum absolute atomic E-state index is 0.0000468. The Bertz CT molecular complexity index is 1030. The number of benzene rings is 2. The number of carbonyl (C=O) groups is 1. The zero-order chi connectivity index (χ0) is 25.5. The molecule has 0 amide bonds. The van der Waals surface area contributed by atoms with Crippen molar-refractivity contribution >= 4 is 5.78 Å². The largest absolute Gasteiger partial charge is 0.416 e. The lowest BCUT2D eigenvalue weighted by molar-refractivity contribution is -0.143. The van der Waals surface area contributed by atoms with Crippen LogP contribution in [0.15, 0.2) is 48.5 Å². The van der Waals surface area contributed by atoms with Crippen LogP contribution in [0.3, 0.4) is 0 Å². The molecule has 0 aromatic heterocycles. The van der Waals surface area contributed by atoms with Crippen molar-refractivity contribution in [1.29, 1.82) is 0 Å². The molecule has 2 N–H and O–H groups in total. The lowest BCUT2D eigenvalue weighted by Gasteiger charge is -2.46. The maximum absolute atomic E-state index is 13.3. The van der Waals surface area contributed by atoms with Gasteiger partial charge in [0.25, 0.3) is 0 Å². The number of piperidine rings is 1. The summed E-state index contributed by atoms with van der Waals surface area (Å²) in [5, 5.41) is 6.70. The van der Waals surface area contributed by atoms with Crippen LogP contribution in [0.25, 0.3) is 0 Å². The van der Waals surface area contributed by atoms with Gasteiger partial charge >= 0.3 is 12.4 Å². The first-order chi connectivity index (χ1) is 16.3. The number of nitrogens with one attached hydrogen (secondary N) is 2. The normalized spacial score (nSPS) is 26.3. The Balaban J connectivity index is 1.59. The van der Waals surface area contributed by atoms with Crippen LogP contribution in [0.4, 0.5) is 26.3 Å². The van der Waals surface area contributed by atoms with Gasteiger partial charge in [-0.3, -0.25) is 4.79 Å². The summed E-state index contributed by atoms with van der Waals surface area (Å²) in [4.78, 5) is 12.5. The number of halogens is 6. The second-order valence-corrected chi connectivity index (χ2v) is 9.28. The van der Waals surface area contributed by atoms with Crippen molar-refractivity contribution in [2.45, 2.75) is 55.7 Å². The molecule has 2 aromatic carbocycles. The summed E-state index contributed by atoms with van der Waals surface area (Å²) < 4.78 is 85.6. The van der Waals surface area contributed by atoms with E-state index in [1.807, 2.05) is 30.3 Å². The second-order valence-electron chi connectivity index (χ2n) is 9.28. The third-order valence-electron chi connectivity index (χ3n) is 7.04. The molecule has 0 aliphatic carbocycles. The number of Topliss-reactive ketones (excluding diaryl/α,β-unsaturated/α-hetero) is 1. The molecule has 190 valence electrons. The van der Waals surface area contributed by atoms with Crippen molar-refractivity contribution in [3.05, 3.63) is 70.8 Å². The summed E-state index contributed by atoms with van der Waals surface area (Å²) in [7, 11) is 0. The second kappa shape index (κ2) is 9.22. The Hall–Kier alpha value is -2.43. The fraction of sp³-hybridized carbons (Fsp3) is 0.480. The summed E-state index contributed by atoms with van der Waals surface area (Å²) in [5.41, 5.74) is -3.51.